The molecule has 0 saturated carbocycles. The molecule has 0 aliphatic carbocycles. The smallest absolute Gasteiger partial charge is 0.219 e. The third-order valence-corrected chi connectivity index (χ3v) is 6.17. The van der Waals surface area contributed by atoms with Crippen LogP contribution in [0.3, 0.4) is 0 Å². The zero-order valence-electron chi connectivity index (χ0n) is 15.5. The highest BCUT2D eigenvalue weighted by molar-refractivity contribution is 7.18. The Morgan fingerprint density at radius 3 is 2.80 bits per heavy atom. The van der Waals surface area contributed by atoms with Gasteiger partial charge in [0.2, 0.25) is 5.91 Å². The lowest BCUT2D eigenvalue weighted by atomic mass is 10.2. The zero-order valence-corrected chi connectivity index (χ0v) is 16.3. The van der Waals surface area contributed by atoms with Crippen LogP contribution in [0.1, 0.15) is 36.5 Å². The van der Waals surface area contributed by atoms with Gasteiger partial charge in [-0.2, -0.15) is 0 Å². The second-order valence-electron chi connectivity index (χ2n) is 6.66. The summed E-state index contributed by atoms with van der Waals surface area (Å²) < 4.78 is 0. The molecule has 1 aliphatic heterocycles. The average molecular weight is 362 g/mol. The summed E-state index contributed by atoms with van der Waals surface area (Å²) in [5.74, 6) is 1.97. The lowest BCUT2D eigenvalue weighted by Gasteiger charge is -2.27. The van der Waals surface area contributed by atoms with E-state index in [4.69, 9.17) is 15.7 Å². The van der Waals surface area contributed by atoms with Gasteiger partial charge in [-0.15, -0.1) is 11.3 Å². The molecule has 1 fully saturated rings. The molecule has 0 bridgehead atoms. The summed E-state index contributed by atoms with van der Waals surface area (Å²) in [4.78, 5) is 28.1. The van der Waals surface area contributed by atoms with E-state index in [2.05, 4.69) is 18.7 Å². The molecule has 136 valence electrons. The van der Waals surface area contributed by atoms with Crippen LogP contribution in [-0.2, 0) is 11.2 Å². The molecule has 1 atom stereocenters. The van der Waals surface area contributed by atoms with Crippen molar-refractivity contribution < 1.29 is 4.79 Å². The maximum absolute atomic E-state index is 11.9. The first-order valence-corrected chi connectivity index (χ1v) is 9.76. The maximum Gasteiger partial charge on any atom is 0.219 e. The Balaban J connectivity index is 1.99. The topological polar surface area (TPSA) is 75.4 Å². The summed E-state index contributed by atoms with van der Waals surface area (Å²) in [6.45, 7) is 11.0. The number of aryl methyl sites for hydroxylation is 2. The first-order valence-electron chi connectivity index (χ1n) is 8.95. The number of nitrogens with zero attached hydrogens (tertiary/aromatic N) is 4. The van der Waals surface area contributed by atoms with Gasteiger partial charge in [0.15, 0.2) is 0 Å². The minimum absolute atomic E-state index is 0.147. The van der Waals surface area contributed by atoms with Crippen molar-refractivity contribution in [3.05, 3.63) is 16.3 Å². The Labute approximate surface area is 153 Å². The van der Waals surface area contributed by atoms with Crippen LogP contribution in [0, 0.1) is 13.8 Å². The highest BCUT2D eigenvalue weighted by Crippen LogP contribution is 2.36. The van der Waals surface area contributed by atoms with Crippen LogP contribution in [0.25, 0.3) is 10.2 Å². The van der Waals surface area contributed by atoms with Crippen molar-refractivity contribution in [2.75, 3.05) is 31.1 Å². The number of rotatable bonds is 5. The molecular formula is C18H27N5OS. The average Bonchev–Trinajstić information content (AvgIpc) is 3.14. The van der Waals surface area contributed by atoms with Gasteiger partial charge in [0, 0.05) is 37.9 Å². The van der Waals surface area contributed by atoms with Gasteiger partial charge in [0.05, 0.1) is 11.4 Å². The Hall–Kier alpha value is -1.73. The molecule has 0 aromatic carbocycles. The highest BCUT2D eigenvalue weighted by Gasteiger charge is 2.31. The molecule has 25 heavy (non-hydrogen) atoms. The summed E-state index contributed by atoms with van der Waals surface area (Å²) in [6, 6.07) is 0.255. The minimum atomic E-state index is 0.147. The number of nitrogens with two attached hydrogens (primary N) is 1. The summed E-state index contributed by atoms with van der Waals surface area (Å²) in [6.07, 6.45) is 1.66. The van der Waals surface area contributed by atoms with Crippen LogP contribution in [0.5, 0.6) is 0 Å². The van der Waals surface area contributed by atoms with Gasteiger partial charge in [-0.3, -0.25) is 4.79 Å². The van der Waals surface area contributed by atoms with Crippen LogP contribution in [-0.4, -0.2) is 53.0 Å². The van der Waals surface area contributed by atoms with Crippen LogP contribution >= 0.6 is 11.3 Å². The fraction of sp³-hybridized carbons (Fsp3) is 0.611. The number of likely N-dealkylation sites (N-methyl/N-ethyl adjacent to an activating group) is 1. The quantitative estimate of drug-likeness (QED) is 0.884. The van der Waals surface area contributed by atoms with Crippen LogP contribution in [0.2, 0.25) is 0 Å². The van der Waals surface area contributed by atoms with Gasteiger partial charge in [-0.1, -0.05) is 0 Å². The Bertz CT molecular complexity index is 787. The SMILES string of the molecule is CCN(C(C)=O)C1CCN(c2nc(CCN)nc3sc(C)c(C)c23)C1. The van der Waals surface area contributed by atoms with E-state index >= 15 is 0 Å². The number of fused-ring (bicyclic) bond motifs is 1. The fourth-order valence-corrected chi connectivity index (χ4v) is 4.71. The summed E-state index contributed by atoms with van der Waals surface area (Å²) in [7, 11) is 0. The van der Waals surface area contributed by atoms with E-state index in [0.717, 1.165) is 47.9 Å². The number of carbonyl (C=O) groups is 1. The molecule has 1 aliphatic rings. The second kappa shape index (κ2) is 7.25. The first kappa shape index (κ1) is 18.1. The van der Waals surface area contributed by atoms with E-state index in [9.17, 15) is 4.79 Å². The summed E-state index contributed by atoms with van der Waals surface area (Å²) >= 11 is 1.73. The van der Waals surface area contributed by atoms with Crippen molar-refractivity contribution in [2.24, 2.45) is 5.73 Å². The van der Waals surface area contributed by atoms with Crippen LogP contribution in [0.15, 0.2) is 0 Å². The molecule has 0 spiro atoms. The number of aromatic nitrogens is 2. The van der Waals surface area contributed by atoms with E-state index in [1.54, 1.807) is 18.3 Å². The monoisotopic (exact) mass is 361 g/mol. The third kappa shape index (κ3) is 3.35. The van der Waals surface area contributed by atoms with E-state index in [-0.39, 0.29) is 11.9 Å². The van der Waals surface area contributed by atoms with Crippen molar-refractivity contribution in [2.45, 2.75) is 46.6 Å². The second-order valence-corrected chi connectivity index (χ2v) is 7.86. The lowest BCUT2D eigenvalue weighted by molar-refractivity contribution is -0.130. The molecular weight excluding hydrogens is 334 g/mol. The molecule has 1 amide bonds. The molecule has 2 aromatic heterocycles. The summed E-state index contributed by atoms with van der Waals surface area (Å²) in [5, 5.41) is 1.16. The van der Waals surface area contributed by atoms with E-state index in [0.29, 0.717) is 13.0 Å². The number of anilines is 1. The van der Waals surface area contributed by atoms with Crippen LogP contribution < -0.4 is 10.6 Å². The van der Waals surface area contributed by atoms with Crippen molar-refractivity contribution in [3.63, 3.8) is 0 Å². The van der Waals surface area contributed by atoms with Crippen molar-refractivity contribution in [1.29, 1.82) is 0 Å². The standard InChI is InChI=1S/C18H27N5OS/c1-5-23(13(4)24)14-7-9-22(10-14)17-16-11(2)12(3)25-18(16)21-15(20-17)6-8-19/h14H,5-10,19H2,1-4H3. The number of hydrogen-bond donors (Lipinski definition) is 1. The van der Waals surface area contributed by atoms with Crippen molar-refractivity contribution in [3.8, 4) is 0 Å². The van der Waals surface area contributed by atoms with Gasteiger partial charge in [-0.05, 0) is 39.3 Å². The van der Waals surface area contributed by atoms with Crippen LogP contribution in [0.4, 0.5) is 5.82 Å². The molecule has 1 saturated heterocycles. The molecule has 2 N–H and O–H groups in total. The maximum atomic E-state index is 11.9. The molecule has 0 radical (unpaired) electrons. The Morgan fingerprint density at radius 1 is 1.40 bits per heavy atom. The third-order valence-electron chi connectivity index (χ3n) is 5.07. The van der Waals surface area contributed by atoms with Gasteiger partial charge in [-0.25, -0.2) is 9.97 Å². The first-order chi connectivity index (χ1) is 12.0. The van der Waals surface area contributed by atoms with Crippen molar-refractivity contribution in [1.82, 2.24) is 14.9 Å². The predicted molar refractivity (Wildman–Crippen MR) is 103 cm³/mol. The number of amides is 1. The van der Waals surface area contributed by atoms with E-state index < -0.39 is 0 Å². The number of carbonyl (C=O) groups excluding carboxylic acids is 1. The predicted octanol–water partition coefficient (Wildman–Crippen LogP) is 2.26. The normalized spacial score (nSPS) is 17.5. The Kier molecular flexibility index (Phi) is 5.24. The summed E-state index contributed by atoms with van der Waals surface area (Å²) in [5.41, 5.74) is 6.98. The van der Waals surface area contributed by atoms with E-state index in [1.165, 1.54) is 10.4 Å². The molecule has 2 aromatic rings. The molecule has 3 rings (SSSR count). The molecule has 1 unspecified atom stereocenters. The van der Waals surface area contributed by atoms with Gasteiger partial charge >= 0.3 is 0 Å². The number of hydrogen-bond acceptors (Lipinski definition) is 6. The zero-order chi connectivity index (χ0) is 18.1. The molecule has 6 nitrogen and oxygen atoms in total. The lowest BCUT2D eigenvalue weighted by Crippen LogP contribution is -2.40. The van der Waals surface area contributed by atoms with Gasteiger partial charge in [0.25, 0.3) is 0 Å². The minimum Gasteiger partial charge on any atom is -0.354 e. The van der Waals surface area contributed by atoms with Crippen molar-refractivity contribution >= 4 is 33.3 Å². The molecule has 3 heterocycles. The molecule has 7 heteroatoms. The Morgan fingerprint density at radius 2 is 2.16 bits per heavy atom. The van der Waals surface area contributed by atoms with Gasteiger partial charge < -0.3 is 15.5 Å². The largest absolute Gasteiger partial charge is 0.354 e. The highest BCUT2D eigenvalue weighted by atomic mass is 32.1. The number of thiophene rings is 1. The fourth-order valence-electron chi connectivity index (χ4n) is 3.67. The van der Waals surface area contributed by atoms with Gasteiger partial charge in [0.1, 0.15) is 16.5 Å². The van der Waals surface area contributed by atoms with E-state index in [1.807, 2.05) is 11.8 Å².